The van der Waals surface area contributed by atoms with Crippen molar-refractivity contribution in [1.29, 1.82) is 0 Å². The summed E-state index contributed by atoms with van der Waals surface area (Å²) in [6, 6.07) is 13.3. The third-order valence-electron chi connectivity index (χ3n) is 7.75. The Labute approximate surface area is 258 Å². The number of carbonyl (C=O) groups is 1. The summed E-state index contributed by atoms with van der Waals surface area (Å²) >= 11 is 0. The van der Waals surface area contributed by atoms with E-state index in [9.17, 15) is 14.7 Å². The molecule has 45 heavy (non-hydrogen) atoms. The van der Waals surface area contributed by atoms with Crippen molar-refractivity contribution in [3.8, 4) is 16.9 Å². The standard InChI is InChI=1S/C33H32FN7O4/c1-33(2,3)22-13-21-17-38-41(32(44)30(21)25(34)14-22)27-6-4-5-23(24(27)18-42)26-15-29(37-19-36-26)39-28-8-7-20(16-35-28)31(43)40-9-11-45-12-10-40/h4-8,13-17,19,42H,9-12,18H2,1-3H3,(H,35,36,37,39). The average molecular weight is 610 g/mol. The summed E-state index contributed by atoms with van der Waals surface area (Å²) in [5.41, 5.74) is 1.97. The molecule has 1 fully saturated rings. The van der Waals surface area contributed by atoms with Crippen LogP contribution in [0, 0.1) is 5.82 Å². The molecule has 2 N–H and O–H groups in total. The molecular formula is C33H32FN7O4. The summed E-state index contributed by atoms with van der Waals surface area (Å²) in [4.78, 5) is 41.1. The number of halogens is 1. The van der Waals surface area contributed by atoms with Gasteiger partial charge in [-0.15, -0.1) is 0 Å². The van der Waals surface area contributed by atoms with Crippen LogP contribution in [0.15, 0.2) is 72.0 Å². The summed E-state index contributed by atoms with van der Waals surface area (Å²) in [5.74, 6) is 0.166. The van der Waals surface area contributed by atoms with Gasteiger partial charge in [0, 0.05) is 41.9 Å². The van der Waals surface area contributed by atoms with E-state index in [0.29, 0.717) is 71.4 Å². The Balaban J connectivity index is 1.30. The number of aromatic nitrogens is 5. The van der Waals surface area contributed by atoms with E-state index in [2.05, 4.69) is 25.4 Å². The van der Waals surface area contributed by atoms with Gasteiger partial charge in [0.25, 0.3) is 11.5 Å². The average Bonchev–Trinajstić information content (AvgIpc) is 3.04. The fourth-order valence-corrected chi connectivity index (χ4v) is 5.27. The van der Waals surface area contributed by atoms with Gasteiger partial charge < -0.3 is 20.1 Å². The van der Waals surface area contributed by atoms with Crippen LogP contribution < -0.4 is 10.9 Å². The molecule has 6 rings (SSSR count). The van der Waals surface area contributed by atoms with E-state index in [1.54, 1.807) is 47.4 Å². The molecule has 11 nitrogen and oxygen atoms in total. The first-order chi connectivity index (χ1) is 21.6. The largest absolute Gasteiger partial charge is 0.392 e. The third-order valence-corrected chi connectivity index (χ3v) is 7.75. The van der Waals surface area contributed by atoms with Crippen molar-refractivity contribution >= 4 is 28.3 Å². The lowest BCUT2D eigenvalue weighted by Gasteiger charge is -2.26. The van der Waals surface area contributed by atoms with Crippen molar-refractivity contribution < 1.29 is 19.0 Å². The maximum atomic E-state index is 15.3. The highest BCUT2D eigenvalue weighted by molar-refractivity contribution is 5.94. The monoisotopic (exact) mass is 609 g/mol. The Kier molecular flexibility index (Phi) is 8.09. The Morgan fingerprint density at radius 3 is 2.53 bits per heavy atom. The fraction of sp³-hybridized carbons (Fsp3) is 0.273. The molecule has 0 unspecified atom stereocenters. The number of aliphatic hydroxyl groups is 1. The summed E-state index contributed by atoms with van der Waals surface area (Å²) < 4.78 is 21.7. The maximum Gasteiger partial charge on any atom is 0.282 e. The zero-order valence-electron chi connectivity index (χ0n) is 25.1. The van der Waals surface area contributed by atoms with Crippen molar-refractivity contribution in [2.45, 2.75) is 32.8 Å². The molecule has 4 heterocycles. The second-order valence-corrected chi connectivity index (χ2v) is 11.7. The number of fused-ring (bicyclic) bond motifs is 1. The minimum absolute atomic E-state index is 0.0778. The molecule has 3 aromatic heterocycles. The molecule has 0 spiro atoms. The summed E-state index contributed by atoms with van der Waals surface area (Å²) in [6.07, 6.45) is 4.34. The van der Waals surface area contributed by atoms with Gasteiger partial charge >= 0.3 is 0 Å². The van der Waals surface area contributed by atoms with Crippen molar-refractivity contribution in [2.75, 3.05) is 31.6 Å². The van der Waals surface area contributed by atoms with Gasteiger partial charge in [0.2, 0.25) is 0 Å². The quantitative estimate of drug-likeness (QED) is 0.288. The smallest absolute Gasteiger partial charge is 0.282 e. The van der Waals surface area contributed by atoms with Crippen LogP contribution >= 0.6 is 0 Å². The van der Waals surface area contributed by atoms with E-state index in [1.165, 1.54) is 24.8 Å². The number of nitrogens with zero attached hydrogens (tertiary/aromatic N) is 6. The summed E-state index contributed by atoms with van der Waals surface area (Å²) in [6.45, 7) is 7.59. The number of nitrogens with one attached hydrogen (secondary N) is 1. The van der Waals surface area contributed by atoms with E-state index in [0.717, 1.165) is 10.2 Å². The first kappa shape index (κ1) is 30.0. The van der Waals surface area contributed by atoms with Gasteiger partial charge in [0.15, 0.2) is 0 Å². The fourth-order valence-electron chi connectivity index (χ4n) is 5.27. The van der Waals surface area contributed by atoms with Gasteiger partial charge in [-0.2, -0.15) is 9.78 Å². The topological polar surface area (TPSA) is 135 Å². The molecule has 1 aliphatic heterocycles. The maximum absolute atomic E-state index is 15.3. The zero-order valence-corrected chi connectivity index (χ0v) is 25.1. The molecule has 1 aliphatic rings. The van der Waals surface area contributed by atoms with Crippen LogP contribution in [0.5, 0.6) is 0 Å². The highest BCUT2D eigenvalue weighted by Crippen LogP contribution is 2.30. The Morgan fingerprint density at radius 2 is 1.82 bits per heavy atom. The zero-order chi connectivity index (χ0) is 31.7. The number of aliphatic hydroxyl groups excluding tert-OH is 1. The number of morpholine rings is 1. The number of amides is 1. The van der Waals surface area contributed by atoms with Crippen LogP contribution in [0.1, 0.15) is 42.3 Å². The molecule has 1 saturated heterocycles. The number of rotatable bonds is 6. The molecule has 0 saturated carbocycles. The first-order valence-corrected chi connectivity index (χ1v) is 14.5. The summed E-state index contributed by atoms with van der Waals surface area (Å²) in [7, 11) is 0. The Morgan fingerprint density at radius 1 is 1.02 bits per heavy atom. The lowest BCUT2D eigenvalue weighted by Crippen LogP contribution is -2.40. The van der Waals surface area contributed by atoms with Crippen molar-refractivity contribution in [1.82, 2.24) is 29.6 Å². The van der Waals surface area contributed by atoms with Gasteiger partial charge in [-0.1, -0.05) is 32.9 Å². The van der Waals surface area contributed by atoms with Crippen molar-refractivity contribution in [3.63, 3.8) is 0 Å². The molecular weight excluding hydrogens is 577 g/mol. The predicted octanol–water partition coefficient (Wildman–Crippen LogP) is 4.38. The van der Waals surface area contributed by atoms with Gasteiger partial charge in [-0.25, -0.2) is 19.3 Å². The van der Waals surface area contributed by atoms with Crippen molar-refractivity contribution in [3.05, 3.63) is 100 Å². The third kappa shape index (κ3) is 6.02. The number of benzene rings is 2. The first-order valence-electron chi connectivity index (χ1n) is 14.5. The lowest BCUT2D eigenvalue weighted by molar-refractivity contribution is 0.0302. The summed E-state index contributed by atoms with van der Waals surface area (Å²) in [5, 5.41) is 18.2. The van der Waals surface area contributed by atoms with Crippen LogP contribution in [0.2, 0.25) is 0 Å². The lowest BCUT2D eigenvalue weighted by atomic mass is 9.86. The van der Waals surface area contributed by atoms with Gasteiger partial charge in [0.05, 0.1) is 48.3 Å². The molecule has 0 atom stereocenters. The number of pyridine rings is 1. The van der Waals surface area contributed by atoms with Crippen LogP contribution in [0.3, 0.4) is 0 Å². The van der Waals surface area contributed by atoms with Crippen LogP contribution in [0.4, 0.5) is 16.0 Å². The highest BCUT2D eigenvalue weighted by atomic mass is 19.1. The van der Waals surface area contributed by atoms with Crippen LogP contribution in [-0.4, -0.2) is 66.9 Å². The van der Waals surface area contributed by atoms with Gasteiger partial charge in [-0.05, 0) is 41.3 Å². The molecule has 5 aromatic rings. The molecule has 230 valence electrons. The molecule has 12 heteroatoms. The van der Waals surface area contributed by atoms with Crippen LogP contribution in [-0.2, 0) is 16.8 Å². The second kappa shape index (κ2) is 12.1. The molecule has 0 bridgehead atoms. The van der Waals surface area contributed by atoms with E-state index in [-0.39, 0.29) is 16.7 Å². The SMILES string of the molecule is CC(C)(C)c1cc(F)c2c(=O)n(-c3cccc(-c4cc(Nc5ccc(C(=O)N6CCOCC6)cn5)ncn4)c3CO)ncc2c1. The van der Waals surface area contributed by atoms with Crippen molar-refractivity contribution in [2.24, 2.45) is 0 Å². The molecule has 0 aliphatic carbocycles. The molecule has 2 aromatic carbocycles. The molecule has 0 radical (unpaired) electrons. The number of ether oxygens (including phenoxy) is 1. The second-order valence-electron chi connectivity index (χ2n) is 11.7. The van der Waals surface area contributed by atoms with Gasteiger partial charge in [-0.3, -0.25) is 9.59 Å². The van der Waals surface area contributed by atoms with E-state index in [4.69, 9.17) is 4.74 Å². The van der Waals surface area contributed by atoms with E-state index < -0.39 is 18.0 Å². The Bertz CT molecular complexity index is 1950. The predicted molar refractivity (Wildman–Crippen MR) is 167 cm³/mol. The minimum Gasteiger partial charge on any atom is -0.392 e. The molecule has 1 amide bonds. The van der Waals surface area contributed by atoms with E-state index in [1.807, 2.05) is 20.8 Å². The van der Waals surface area contributed by atoms with Gasteiger partial charge in [0.1, 0.15) is 23.8 Å². The number of anilines is 2. The normalized spacial score (nSPS) is 13.7. The number of hydrogen-bond donors (Lipinski definition) is 2. The Hall–Kier alpha value is -5.07. The van der Waals surface area contributed by atoms with Crippen LogP contribution in [0.25, 0.3) is 27.7 Å². The van der Waals surface area contributed by atoms with E-state index >= 15 is 4.39 Å². The number of carbonyl (C=O) groups excluding carboxylic acids is 1. The minimum atomic E-state index is -0.635. The highest BCUT2D eigenvalue weighted by Gasteiger charge is 2.21. The number of hydrogen-bond acceptors (Lipinski definition) is 9.